The van der Waals surface area contributed by atoms with Crippen LogP contribution in [0.3, 0.4) is 0 Å². The van der Waals surface area contributed by atoms with Crippen LogP contribution in [0.2, 0.25) is 0 Å². The quantitative estimate of drug-likeness (QED) is 0.872. The van der Waals surface area contributed by atoms with E-state index < -0.39 is 11.7 Å². The lowest BCUT2D eigenvalue weighted by Gasteiger charge is -2.11. The van der Waals surface area contributed by atoms with Gasteiger partial charge in [0, 0.05) is 0 Å². The van der Waals surface area contributed by atoms with Crippen LogP contribution < -0.4 is 0 Å². The van der Waals surface area contributed by atoms with Gasteiger partial charge in [-0.2, -0.15) is 18.4 Å². The monoisotopic (exact) mass is 294 g/mol. The molecule has 21 heavy (non-hydrogen) atoms. The molecule has 1 heterocycles. The zero-order valence-electron chi connectivity index (χ0n) is 11.5. The van der Waals surface area contributed by atoms with Gasteiger partial charge >= 0.3 is 6.18 Å². The first-order valence-corrected chi connectivity index (χ1v) is 6.35. The summed E-state index contributed by atoms with van der Waals surface area (Å²) in [5.41, 5.74) is 0.145. The standard InChI is InChI=1S/C14H13F3N4/c1-9(2)6-13-12(8-18)19-20-21(13)11-5-3-4-10(7-11)14(15,16)17/h3-5,7,9H,6H2,1-2H3. The number of alkyl halides is 3. The molecule has 2 aromatic rings. The van der Waals surface area contributed by atoms with Gasteiger partial charge in [-0.3, -0.25) is 0 Å². The van der Waals surface area contributed by atoms with Crippen molar-refractivity contribution in [1.82, 2.24) is 15.0 Å². The molecule has 0 fully saturated rings. The van der Waals surface area contributed by atoms with Crippen LogP contribution in [0, 0.1) is 17.2 Å². The minimum absolute atomic E-state index is 0.140. The van der Waals surface area contributed by atoms with Crippen molar-refractivity contribution in [3.05, 3.63) is 41.2 Å². The summed E-state index contributed by atoms with van der Waals surface area (Å²) in [5, 5.41) is 16.6. The molecule has 1 aromatic carbocycles. The minimum Gasteiger partial charge on any atom is -0.216 e. The summed E-state index contributed by atoms with van der Waals surface area (Å²) >= 11 is 0. The fourth-order valence-electron chi connectivity index (χ4n) is 1.98. The Morgan fingerprint density at radius 2 is 2.05 bits per heavy atom. The Bertz CT molecular complexity index is 680. The molecular formula is C14H13F3N4. The first kappa shape index (κ1) is 15.0. The van der Waals surface area contributed by atoms with Gasteiger partial charge in [-0.1, -0.05) is 25.1 Å². The normalized spacial score (nSPS) is 11.7. The van der Waals surface area contributed by atoms with Gasteiger partial charge in [0.05, 0.1) is 16.9 Å². The third-order valence-corrected chi connectivity index (χ3v) is 2.89. The van der Waals surface area contributed by atoms with Crippen LogP contribution in [0.1, 0.15) is 30.8 Å². The number of hydrogen-bond donors (Lipinski definition) is 0. The highest BCUT2D eigenvalue weighted by atomic mass is 19.4. The molecule has 0 aliphatic rings. The third kappa shape index (κ3) is 3.21. The van der Waals surface area contributed by atoms with Crippen LogP contribution >= 0.6 is 0 Å². The van der Waals surface area contributed by atoms with Crippen LogP contribution in [-0.4, -0.2) is 15.0 Å². The summed E-state index contributed by atoms with van der Waals surface area (Å²) < 4.78 is 39.6. The number of aromatic nitrogens is 3. The smallest absolute Gasteiger partial charge is 0.216 e. The molecule has 0 unspecified atom stereocenters. The maximum absolute atomic E-state index is 12.8. The van der Waals surface area contributed by atoms with Crippen LogP contribution in [0.25, 0.3) is 5.69 Å². The van der Waals surface area contributed by atoms with Crippen molar-refractivity contribution in [2.75, 3.05) is 0 Å². The Labute approximate surface area is 119 Å². The maximum Gasteiger partial charge on any atom is 0.416 e. The largest absolute Gasteiger partial charge is 0.416 e. The zero-order valence-corrected chi connectivity index (χ0v) is 11.5. The molecule has 0 radical (unpaired) electrons. The molecule has 0 aliphatic carbocycles. The molecule has 0 saturated carbocycles. The molecule has 0 N–H and O–H groups in total. The molecular weight excluding hydrogens is 281 g/mol. The lowest BCUT2D eigenvalue weighted by Crippen LogP contribution is -2.09. The Balaban J connectivity index is 2.52. The van der Waals surface area contributed by atoms with Crippen LogP contribution in [0.5, 0.6) is 0 Å². The molecule has 0 bridgehead atoms. The van der Waals surface area contributed by atoms with Gasteiger partial charge in [0.2, 0.25) is 0 Å². The van der Waals surface area contributed by atoms with Crippen LogP contribution in [-0.2, 0) is 12.6 Å². The van der Waals surface area contributed by atoms with Crippen molar-refractivity contribution in [3.8, 4) is 11.8 Å². The highest BCUT2D eigenvalue weighted by Crippen LogP contribution is 2.30. The number of rotatable bonds is 3. The van der Waals surface area contributed by atoms with E-state index >= 15 is 0 Å². The Hall–Kier alpha value is -2.36. The summed E-state index contributed by atoms with van der Waals surface area (Å²) in [6.45, 7) is 3.90. The molecule has 0 aliphatic heterocycles. The summed E-state index contributed by atoms with van der Waals surface area (Å²) in [6.07, 6.45) is -3.92. The molecule has 0 spiro atoms. The molecule has 0 atom stereocenters. The average molecular weight is 294 g/mol. The van der Waals surface area contributed by atoms with Crippen molar-refractivity contribution in [1.29, 1.82) is 5.26 Å². The van der Waals surface area contributed by atoms with Crippen LogP contribution in [0.15, 0.2) is 24.3 Å². The number of nitrogens with zero attached hydrogens (tertiary/aromatic N) is 4. The first-order valence-electron chi connectivity index (χ1n) is 6.35. The summed E-state index contributed by atoms with van der Waals surface area (Å²) in [4.78, 5) is 0. The number of hydrogen-bond acceptors (Lipinski definition) is 3. The predicted octanol–water partition coefficient (Wildman–Crippen LogP) is 3.36. The van der Waals surface area contributed by atoms with Gasteiger partial charge < -0.3 is 0 Å². The second-order valence-electron chi connectivity index (χ2n) is 5.05. The highest BCUT2D eigenvalue weighted by Gasteiger charge is 2.30. The number of benzene rings is 1. The van der Waals surface area contributed by atoms with Gasteiger partial charge in [-0.05, 0) is 30.5 Å². The lowest BCUT2D eigenvalue weighted by atomic mass is 10.1. The SMILES string of the molecule is CC(C)Cc1c(C#N)nnn1-c1cccc(C(F)(F)F)c1. The predicted molar refractivity (Wildman–Crippen MR) is 69.6 cm³/mol. The van der Waals surface area contributed by atoms with E-state index in [1.807, 2.05) is 19.9 Å². The second kappa shape index (κ2) is 5.56. The van der Waals surface area contributed by atoms with E-state index in [1.54, 1.807) is 0 Å². The molecule has 2 rings (SSSR count). The van der Waals surface area contributed by atoms with E-state index in [4.69, 9.17) is 5.26 Å². The lowest BCUT2D eigenvalue weighted by molar-refractivity contribution is -0.137. The van der Waals surface area contributed by atoms with E-state index in [2.05, 4.69) is 10.3 Å². The van der Waals surface area contributed by atoms with Gasteiger partial charge in [0.15, 0.2) is 5.69 Å². The topological polar surface area (TPSA) is 54.5 Å². The summed E-state index contributed by atoms with van der Waals surface area (Å²) in [5.74, 6) is 0.222. The fourth-order valence-corrected chi connectivity index (χ4v) is 1.98. The van der Waals surface area contributed by atoms with E-state index in [9.17, 15) is 13.2 Å². The Morgan fingerprint density at radius 3 is 2.62 bits per heavy atom. The highest BCUT2D eigenvalue weighted by molar-refractivity contribution is 5.40. The number of halogens is 3. The summed E-state index contributed by atoms with van der Waals surface area (Å²) in [6, 6.07) is 6.73. The van der Waals surface area contributed by atoms with E-state index in [0.29, 0.717) is 12.1 Å². The zero-order chi connectivity index (χ0) is 15.6. The summed E-state index contributed by atoms with van der Waals surface area (Å²) in [7, 11) is 0. The third-order valence-electron chi connectivity index (χ3n) is 2.89. The number of nitriles is 1. The van der Waals surface area contributed by atoms with Crippen LogP contribution in [0.4, 0.5) is 13.2 Å². The van der Waals surface area contributed by atoms with Gasteiger partial charge in [0.1, 0.15) is 6.07 Å². The van der Waals surface area contributed by atoms with Crippen molar-refractivity contribution < 1.29 is 13.2 Å². The molecule has 110 valence electrons. The van der Waals surface area contributed by atoms with E-state index in [-0.39, 0.29) is 17.3 Å². The van der Waals surface area contributed by atoms with Gasteiger partial charge in [-0.25, -0.2) is 4.68 Å². The minimum atomic E-state index is -4.42. The molecule has 7 heteroatoms. The Kier molecular flexibility index (Phi) is 3.98. The van der Waals surface area contributed by atoms with E-state index in [1.165, 1.54) is 16.8 Å². The molecule has 0 amide bonds. The maximum atomic E-state index is 12.8. The van der Waals surface area contributed by atoms with Gasteiger partial charge in [-0.15, -0.1) is 5.10 Å². The average Bonchev–Trinajstić information content (AvgIpc) is 2.80. The second-order valence-corrected chi connectivity index (χ2v) is 5.05. The van der Waals surface area contributed by atoms with Crippen molar-refractivity contribution in [3.63, 3.8) is 0 Å². The van der Waals surface area contributed by atoms with Crippen molar-refractivity contribution in [2.45, 2.75) is 26.4 Å². The van der Waals surface area contributed by atoms with Crippen molar-refractivity contribution >= 4 is 0 Å². The molecule has 1 aromatic heterocycles. The van der Waals surface area contributed by atoms with E-state index in [0.717, 1.165) is 12.1 Å². The Morgan fingerprint density at radius 1 is 1.33 bits per heavy atom. The fraction of sp³-hybridized carbons (Fsp3) is 0.357. The van der Waals surface area contributed by atoms with Crippen molar-refractivity contribution in [2.24, 2.45) is 5.92 Å². The first-order chi connectivity index (χ1) is 9.82. The molecule has 0 saturated heterocycles. The van der Waals surface area contributed by atoms with Gasteiger partial charge in [0.25, 0.3) is 0 Å². The molecule has 4 nitrogen and oxygen atoms in total.